The van der Waals surface area contributed by atoms with Gasteiger partial charge >= 0.3 is 6.18 Å². The van der Waals surface area contributed by atoms with Crippen molar-refractivity contribution < 1.29 is 13.2 Å². The van der Waals surface area contributed by atoms with Gasteiger partial charge in [-0.3, -0.25) is 0 Å². The van der Waals surface area contributed by atoms with Crippen LogP contribution >= 0.6 is 0 Å². The lowest BCUT2D eigenvalue weighted by molar-refractivity contribution is -0.137. The highest BCUT2D eigenvalue weighted by Gasteiger charge is 2.30. The first-order valence-electron chi connectivity index (χ1n) is 6.17. The Morgan fingerprint density at radius 3 is 2.40 bits per heavy atom. The van der Waals surface area contributed by atoms with Crippen molar-refractivity contribution >= 4 is 5.69 Å². The van der Waals surface area contributed by atoms with Gasteiger partial charge in [-0.15, -0.1) is 0 Å². The van der Waals surface area contributed by atoms with Gasteiger partial charge in [-0.25, -0.2) is 0 Å². The Balaban J connectivity index is 1.97. The molecule has 20 heavy (non-hydrogen) atoms. The Labute approximate surface area is 115 Å². The Bertz CT molecular complexity index is 579. The van der Waals surface area contributed by atoms with Crippen molar-refractivity contribution in [3.05, 3.63) is 65.2 Å². The zero-order chi connectivity index (χ0) is 14.6. The highest BCUT2D eigenvalue weighted by atomic mass is 19.4. The van der Waals surface area contributed by atoms with Crippen LogP contribution in [0.3, 0.4) is 0 Å². The van der Waals surface area contributed by atoms with Gasteiger partial charge in [0.2, 0.25) is 0 Å². The third kappa shape index (κ3) is 3.74. The molecule has 2 nitrogen and oxygen atoms in total. The van der Waals surface area contributed by atoms with Gasteiger partial charge in [-0.1, -0.05) is 36.4 Å². The van der Waals surface area contributed by atoms with E-state index in [1.54, 1.807) is 12.1 Å². The molecule has 0 heterocycles. The molecule has 0 spiro atoms. The monoisotopic (exact) mass is 280 g/mol. The topological polar surface area (TPSA) is 38.0 Å². The molecule has 2 aromatic rings. The smallest absolute Gasteiger partial charge is 0.398 e. The van der Waals surface area contributed by atoms with Crippen molar-refractivity contribution in [1.29, 1.82) is 0 Å². The Kier molecular flexibility index (Phi) is 4.29. The van der Waals surface area contributed by atoms with Crippen molar-refractivity contribution in [2.24, 2.45) is 0 Å². The van der Waals surface area contributed by atoms with Gasteiger partial charge in [-0.2, -0.15) is 13.2 Å². The van der Waals surface area contributed by atoms with E-state index in [0.29, 0.717) is 24.3 Å². The molecule has 0 amide bonds. The molecule has 0 aliphatic heterocycles. The third-order valence-corrected chi connectivity index (χ3v) is 2.95. The number of hydrogen-bond donors (Lipinski definition) is 2. The predicted molar refractivity (Wildman–Crippen MR) is 72.8 cm³/mol. The van der Waals surface area contributed by atoms with Crippen LogP contribution in [0.25, 0.3) is 0 Å². The lowest BCUT2D eigenvalue weighted by atomic mass is 10.1. The maximum Gasteiger partial charge on any atom is 0.416 e. The maximum atomic E-state index is 12.6. The summed E-state index contributed by atoms with van der Waals surface area (Å²) >= 11 is 0. The molecule has 0 saturated carbocycles. The first-order chi connectivity index (χ1) is 9.47. The third-order valence-electron chi connectivity index (χ3n) is 2.95. The van der Waals surface area contributed by atoms with E-state index in [1.807, 2.05) is 18.2 Å². The van der Waals surface area contributed by atoms with Gasteiger partial charge in [0.05, 0.1) is 5.56 Å². The minimum atomic E-state index is -4.31. The molecule has 0 fully saturated rings. The fourth-order valence-electron chi connectivity index (χ4n) is 1.89. The molecule has 0 atom stereocenters. The molecule has 0 aromatic heterocycles. The van der Waals surface area contributed by atoms with E-state index in [1.165, 1.54) is 6.07 Å². The summed E-state index contributed by atoms with van der Waals surface area (Å²) in [5.74, 6) is 0. The van der Waals surface area contributed by atoms with Crippen LogP contribution < -0.4 is 11.1 Å². The first-order valence-corrected chi connectivity index (χ1v) is 6.17. The Hall–Kier alpha value is -2.01. The zero-order valence-corrected chi connectivity index (χ0v) is 10.7. The second kappa shape index (κ2) is 5.96. The van der Waals surface area contributed by atoms with Gasteiger partial charge in [0.1, 0.15) is 0 Å². The number of benzene rings is 2. The number of nitrogens with one attached hydrogen (secondary N) is 1. The van der Waals surface area contributed by atoms with Crippen molar-refractivity contribution in [2.75, 3.05) is 5.73 Å². The number of nitrogen functional groups attached to an aromatic ring is 1. The van der Waals surface area contributed by atoms with Gasteiger partial charge in [0.25, 0.3) is 0 Å². The number of nitrogens with two attached hydrogens (primary N) is 1. The zero-order valence-electron chi connectivity index (χ0n) is 10.7. The van der Waals surface area contributed by atoms with Crippen LogP contribution in [-0.2, 0) is 19.3 Å². The van der Waals surface area contributed by atoms with Gasteiger partial charge in [0, 0.05) is 18.8 Å². The van der Waals surface area contributed by atoms with Crippen LogP contribution in [0.2, 0.25) is 0 Å². The second-order valence-electron chi connectivity index (χ2n) is 4.50. The maximum absolute atomic E-state index is 12.6. The predicted octanol–water partition coefficient (Wildman–Crippen LogP) is 3.58. The van der Waals surface area contributed by atoms with Crippen molar-refractivity contribution in [1.82, 2.24) is 5.32 Å². The lowest BCUT2D eigenvalue weighted by Crippen LogP contribution is -2.14. The minimum Gasteiger partial charge on any atom is -0.398 e. The molecule has 0 radical (unpaired) electrons. The summed E-state index contributed by atoms with van der Waals surface area (Å²) in [7, 11) is 0. The molecule has 0 aliphatic carbocycles. The van der Waals surface area contributed by atoms with E-state index >= 15 is 0 Å². The van der Waals surface area contributed by atoms with Crippen LogP contribution in [0, 0.1) is 0 Å². The number of halogens is 3. The summed E-state index contributed by atoms with van der Waals surface area (Å²) in [6.07, 6.45) is -4.31. The van der Waals surface area contributed by atoms with Crippen molar-refractivity contribution in [2.45, 2.75) is 19.3 Å². The quantitative estimate of drug-likeness (QED) is 0.840. The van der Waals surface area contributed by atoms with E-state index in [-0.39, 0.29) is 0 Å². The number of para-hydroxylation sites is 1. The van der Waals surface area contributed by atoms with E-state index in [2.05, 4.69) is 5.32 Å². The molecule has 106 valence electrons. The lowest BCUT2D eigenvalue weighted by Gasteiger charge is -2.10. The van der Waals surface area contributed by atoms with Crippen molar-refractivity contribution in [3.8, 4) is 0 Å². The fraction of sp³-hybridized carbons (Fsp3) is 0.200. The van der Waals surface area contributed by atoms with E-state index in [0.717, 1.165) is 17.7 Å². The van der Waals surface area contributed by atoms with Crippen LogP contribution in [0.15, 0.2) is 48.5 Å². The normalized spacial score (nSPS) is 11.6. The average molecular weight is 280 g/mol. The summed E-state index contributed by atoms with van der Waals surface area (Å²) in [5.41, 5.74) is 7.36. The molecule has 0 bridgehead atoms. The Morgan fingerprint density at radius 2 is 1.70 bits per heavy atom. The summed E-state index contributed by atoms with van der Waals surface area (Å²) in [5, 5.41) is 3.09. The molecule has 0 saturated heterocycles. The number of rotatable bonds is 4. The molecular formula is C15H15F3N2. The van der Waals surface area contributed by atoms with E-state index in [4.69, 9.17) is 5.73 Å². The van der Waals surface area contributed by atoms with Crippen LogP contribution in [-0.4, -0.2) is 0 Å². The summed E-state index contributed by atoms with van der Waals surface area (Å²) in [6, 6.07) is 12.7. The molecule has 0 unspecified atom stereocenters. The summed E-state index contributed by atoms with van der Waals surface area (Å²) in [4.78, 5) is 0. The van der Waals surface area contributed by atoms with E-state index in [9.17, 15) is 13.2 Å². The highest BCUT2D eigenvalue weighted by molar-refractivity contribution is 5.46. The van der Waals surface area contributed by atoms with E-state index < -0.39 is 11.7 Å². The van der Waals surface area contributed by atoms with Crippen molar-refractivity contribution in [3.63, 3.8) is 0 Å². The minimum absolute atomic E-state index is 0.359. The fourth-order valence-corrected chi connectivity index (χ4v) is 1.89. The highest BCUT2D eigenvalue weighted by Crippen LogP contribution is 2.29. The first kappa shape index (κ1) is 14.4. The number of alkyl halides is 3. The summed E-state index contributed by atoms with van der Waals surface area (Å²) in [6.45, 7) is 0.876. The summed E-state index contributed by atoms with van der Waals surface area (Å²) < 4.78 is 37.7. The van der Waals surface area contributed by atoms with Gasteiger partial charge in [0.15, 0.2) is 0 Å². The molecule has 2 aromatic carbocycles. The van der Waals surface area contributed by atoms with Crippen LogP contribution in [0.5, 0.6) is 0 Å². The average Bonchev–Trinajstić information content (AvgIpc) is 2.40. The number of anilines is 1. The SMILES string of the molecule is Nc1ccccc1CNCc1cccc(C(F)(F)F)c1. The van der Waals surface area contributed by atoms with Gasteiger partial charge in [-0.05, 0) is 23.3 Å². The second-order valence-corrected chi connectivity index (χ2v) is 4.50. The van der Waals surface area contributed by atoms with Crippen LogP contribution in [0.4, 0.5) is 18.9 Å². The van der Waals surface area contributed by atoms with Gasteiger partial charge < -0.3 is 11.1 Å². The standard InChI is InChI=1S/C15H15F3N2/c16-15(17,18)13-6-3-4-11(8-13)9-20-10-12-5-1-2-7-14(12)19/h1-8,20H,9-10,19H2. The number of hydrogen-bond acceptors (Lipinski definition) is 2. The molecule has 2 rings (SSSR count). The molecule has 5 heteroatoms. The molecule has 3 N–H and O–H groups in total. The molecule has 0 aliphatic rings. The Morgan fingerprint density at radius 1 is 0.950 bits per heavy atom. The van der Waals surface area contributed by atoms with Crippen LogP contribution in [0.1, 0.15) is 16.7 Å². The molecular weight excluding hydrogens is 265 g/mol. The largest absolute Gasteiger partial charge is 0.416 e.